The van der Waals surface area contributed by atoms with Gasteiger partial charge in [-0.1, -0.05) is 0 Å². The number of rotatable bonds is 8. The number of carbonyl (C=O) groups is 2. The normalized spacial score (nSPS) is 9.90. The molecular weight excluding hydrogens is 260 g/mol. The van der Waals surface area contributed by atoms with Crippen LogP contribution < -0.4 is 15.4 Å². The number of nitrogens with one attached hydrogen (secondary N) is 2. The van der Waals surface area contributed by atoms with Crippen LogP contribution in [0.25, 0.3) is 0 Å². The average Bonchev–Trinajstić information content (AvgIpc) is 2.46. The zero-order valence-corrected chi connectivity index (χ0v) is 11.8. The third-order valence-corrected chi connectivity index (χ3v) is 2.47. The quantitative estimate of drug-likeness (QED) is 0.683. The van der Waals surface area contributed by atoms with Crippen molar-refractivity contribution >= 4 is 11.8 Å². The van der Waals surface area contributed by atoms with Crippen molar-refractivity contribution in [2.24, 2.45) is 0 Å². The number of benzene rings is 1. The van der Waals surface area contributed by atoms with Gasteiger partial charge in [-0.05, 0) is 31.2 Å². The summed E-state index contributed by atoms with van der Waals surface area (Å²) in [6.07, 6.45) is 0. The molecule has 0 saturated carbocycles. The lowest BCUT2D eigenvalue weighted by Crippen LogP contribution is -2.38. The van der Waals surface area contributed by atoms with Gasteiger partial charge in [-0.25, -0.2) is 0 Å². The fourth-order valence-corrected chi connectivity index (χ4v) is 1.49. The summed E-state index contributed by atoms with van der Waals surface area (Å²) in [4.78, 5) is 23.2. The first-order valence-corrected chi connectivity index (χ1v) is 6.44. The Balaban J connectivity index is 2.36. The van der Waals surface area contributed by atoms with Crippen molar-refractivity contribution in [1.29, 1.82) is 0 Å². The minimum absolute atomic E-state index is 0.0598. The fraction of sp³-hybridized carbons (Fsp3) is 0.429. The summed E-state index contributed by atoms with van der Waals surface area (Å²) in [6, 6.07) is 6.75. The highest BCUT2D eigenvalue weighted by atomic mass is 16.5. The molecule has 0 aliphatic rings. The number of methoxy groups -OCH3 is 1. The zero-order chi connectivity index (χ0) is 14.8. The van der Waals surface area contributed by atoms with Gasteiger partial charge in [0, 0.05) is 19.2 Å². The molecule has 2 N–H and O–H groups in total. The standard InChI is InChI=1S/C14H20N2O4/c1-3-20-12-6-4-11(5-7-12)14(18)16-10-13(17)15-8-9-19-2/h4-7H,3,8-10H2,1-2H3,(H,15,17)(H,16,18). The highest BCUT2D eigenvalue weighted by Gasteiger charge is 2.07. The number of hydrogen-bond acceptors (Lipinski definition) is 4. The minimum atomic E-state index is -0.296. The predicted octanol–water partition coefficient (Wildman–Crippen LogP) is 0.578. The molecule has 0 unspecified atom stereocenters. The summed E-state index contributed by atoms with van der Waals surface area (Å²) in [5.41, 5.74) is 0.484. The molecule has 20 heavy (non-hydrogen) atoms. The van der Waals surface area contributed by atoms with Gasteiger partial charge in [0.15, 0.2) is 0 Å². The van der Waals surface area contributed by atoms with Gasteiger partial charge in [0.25, 0.3) is 5.91 Å². The van der Waals surface area contributed by atoms with E-state index >= 15 is 0 Å². The summed E-state index contributed by atoms with van der Waals surface area (Å²) in [7, 11) is 1.56. The number of amides is 2. The van der Waals surface area contributed by atoms with E-state index in [9.17, 15) is 9.59 Å². The van der Waals surface area contributed by atoms with E-state index in [0.717, 1.165) is 0 Å². The number of carbonyl (C=O) groups excluding carboxylic acids is 2. The summed E-state index contributed by atoms with van der Waals surface area (Å²) in [5.74, 6) is 0.164. The van der Waals surface area contributed by atoms with Crippen molar-refractivity contribution in [3.05, 3.63) is 29.8 Å². The minimum Gasteiger partial charge on any atom is -0.494 e. The van der Waals surface area contributed by atoms with Crippen molar-refractivity contribution in [2.45, 2.75) is 6.92 Å². The number of ether oxygens (including phenoxy) is 2. The van der Waals surface area contributed by atoms with Crippen molar-refractivity contribution in [3.8, 4) is 5.75 Å². The second-order valence-electron chi connectivity index (χ2n) is 3.98. The van der Waals surface area contributed by atoms with E-state index in [2.05, 4.69) is 10.6 Å². The van der Waals surface area contributed by atoms with E-state index < -0.39 is 0 Å². The van der Waals surface area contributed by atoms with Crippen LogP contribution in [0.15, 0.2) is 24.3 Å². The van der Waals surface area contributed by atoms with Gasteiger partial charge in [0.2, 0.25) is 5.91 Å². The Bertz CT molecular complexity index is 431. The van der Waals surface area contributed by atoms with Crippen molar-refractivity contribution in [2.75, 3.05) is 33.4 Å². The molecule has 0 fully saturated rings. The van der Waals surface area contributed by atoms with Crippen LogP contribution >= 0.6 is 0 Å². The highest BCUT2D eigenvalue weighted by molar-refractivity contribution is 5.96. The van der Waals surface area contributed by atoms with Gasteiger partial charge >= 0.3 is 0 Å². The molecule has 0 bridgehead atoms. The van der Waals surface area contributed by atoms with Gasteiger partial charge < -0.3 is 20.1 Å². The molecule has 0 aliphatic heterocycles. The molecule has 0 aromatic heterocycles. The Morgan fingerprint density at radius 3 is 2.45 bits per heavy atom. The molecule has 0 aliphatic carbocycles. The molecule has 1 aromatic carbocycles. The molecule has 0 heterocycles. The van der Waals surface area contributed by atoms with Crippen molar-refractivity contribution < 1.29 is 19.1 Å². The first-order chi connectivity index (χ1) is 9.67. The molecule has 0 radical (unpaired) electrons. The summed E-state index contributed by atoms with van der Waals surface area (Å²) in [6.45, 7) is 3.28. The van der Waals surface area contributed by atoms with E-state index in [0.29, 0.717) is 31.1 Å². The SMILES string of the molecule is CCOc1ccc(C(=O)NCC(=O)NCCOC)cc1. The Hall–Kier alpha value is -2.08. The Morgan fingerprint density at radius 1 is 1.15 bits per heavy atom. The summed E-state index contributed by atoms with van der Waals surface area (Å²) in [5, 5.41) is 5.16. The van der Waals surface area contributed by atoms with E-state index in [1.807, 2.05) is 6.92 Å². The van der Waals surface area contributed by atoms with Crippen LogP contribution in [0.5, 0.6) is 5.75 Å². The topological polar surface area (TPSA) is 76.7 Å². The maximum absolute atomic E-state index is 11.8. The second-order valence-corrected chi connectivity index (χ2v) is 3.98. The van der Waals surface area contributed by atoms with Crippen LogP contribution in [-0.4, -0.2) is 45.2 Å². The smallest absolute Gasteiger partial charge is 0.251 e. The third-order valence-electron chi connectivity index (χ3n) is 2.47. The van der Waals surface area contributed by atoms with Gasteiger partial charge in [0.05, 0.1) is 19.8 Å². The summed E-state index contributed by atoms with van der Waals surface area (Å²) < 4.78 is 10.1. The maximum atomic E-state index is 11.8. The van der Waals surface area contributed by atoms with Crippen molar-refractivity contribution in [3.63, 3.8) is 0 Å². The molecule has 2 amide bonds. The Kier molecular flexibility index (Phi) is 7.13. The molecular formula is C14H20N2O4. The molecule has 0 saturated heterocycles. The van der Waals surface area contributed by atoms with Crippen LogP contribution in [0.4, 0.5) is 0 Å². The maximum Gasteiger partial charge on any atom is 0.251 e. The van der Waals surface area contributed by atoms with Gasteiger partial charge in [-0.15, -0.1) is 0 Å². The molecule has 1 rings (SSSR count). The molecule has 110 valence electrons. The number of hydrogen-bond donors (Lipinski definition) is 2. The van der Waals surface area contributed by atoms with Gasteiger partial charge in [-0.2, -0.15) is 0 Å². The van der Waals surface area contributed by atoms with E-state index in [1.54, 1.807) is 31.4 Å². The Morgan fingerprint density at radius 2 is 1.85 bits per heavy atom. The first-order valence-electron chi connectivity index (χ1n) is 6.44. The molecule has 0 atom stereocenters. The highest BCUT2D eigenvalue weighted by Crippen LogP contribution is 2.11. The van der Waals surface area contributed by atoms with Crippen LogP contribution in [0, 0.1) is 0 Å². The van der Waals surface area contributed by atoms with Crippen LogP contribution in [-0.2, 0) is 9.53 Å². The molecule has 0 spiro atoms. The van der Waals surface area contributed by atoms with E-state index in [-0.39, 0.29) is 18.4 Å². The summed E-state index contributed by atoms with van der Waals surface area (Å²) >= 11 is 0. The monoisotopic (exact) mass is 280 g/mol. The van der Waals surface area contributed by atoms with E-state index in [1.165, 1.54) is 0 Å². The molecule has 6 heteroatoms. The molecule has 6 nitrogen and oxygen atoms in total. The average molecular weight is 280 g/mol. The van der Waals surface area contributed by atoms with E-state index in [4.69, 9.17) is 9.47 Å². The fourth-order valence-electron chi connectivity index (χ4n) is 1.49. The van der Waals surface area contributed by atoms with Gasteiger partial charge in [-0.3, -0.25) is 9.59 Å². The van der Waals surface area contributed by atoms with Crippen LogP contribution in [0.1, 0.15) is 17.3 Å². The van der Waals surface area contributed by atoms with Crippen LogP contribution in [0.3, 0.4) is 0 Å². The Labute approximate surface area is 118 Å². The van der Waals surface area contributed by atoms with Crippen LogP contribution in [0.2, 0.25) is 0 Å². The zero-order valence-electron chi connectivity index (χ0n) is 11.8. The predicted molar refractivity (Wildman–Crippen MR) is 74.8 cm³/mol. The molecule has 1 aromatic rings. The third kappa shape index (κ3) is 5.71. The second kappa shape index (κ2) is 8.92. The lowest BCUT2D eigenvalue weighted by atomic mass is 10.2. The lowest BCUT2D eigenvalue weighted by Gasteiger charge is -2.07. The van der Waals surface area contributed by atoms with Crippen molar-refractivity contribution in [1.82, 2.24) is 10.6 Å². The largest absolute Gasteiger partial charge is 0.494 e. The first kappa shape index (κ1) is 16.0. The lowest BCUT2D eigenvalue weighted by molar-refractivity contribution is -0.120. The van der Waals surface area contributed by atoms with Gasteiger partial charge in [0.1, 0.15) is 5.75 Å².